The van der Waals surface area contributed by atoms with Crippen molar-refractivity contribution in [1.29, 1.82) is 0 Å². The molecule has 1 aromatic carbocycles. The molecule has 0 aliphatic carbocycles. The lowest BCUT2D eigenvalue weighted by atomic mass is 10.2. The number of carbonyl (C=O) groups is 1. The minimum atomic E-state index is -0.0633. The van der Waals surface area contributed by atoms with Crippen molar-refractivity contribution in [2.45, 2.75) is 58.8 Å². The first-order chi connectivity index (χ1) is 14.0. The van der Waals surface area contributed by atoms with Crippen LogP contribution in [0.3, 0.4) is 0 Å². The van der Waals surface area contributed by atoms with Crippen LogP contribution in [0.2, 0.25) is 0 Å². The maximum absolute atomic E-state index is 11.3. The summed E-state index contributed by atoms with van der Waals surface area (Å²) < 4.78 is 11.7. The van der Waals surface area contributed by atoms with E-state index < -0.39 is 0 Å². The van der Waals surface area contributed by atoms with Crippen LogP contribution >= 0.6 is 0 Å². The summed E-state index contributed by atoms with van der Waals surface area (Å²) in [6.07, 6.45) is 4.69. The Bertz CT molecular complexity index is 707. The van der Waals surface area contributed by atoms with Crippen molar-refractivity contribution in [2.75, 3.05) is 27.3 Å². The van der Waals surface area contributed by atoms with Crippen molar-refractivity contribution >= 4 is 6.29 Å². The van der Waals surface area contributed by atoms with Gasteiger partial charge in [0.25, 0.3) is 0 Å². The van der Waals surface area contributed by atoms with Gasteiger partial charge < -0.3 is 19.5 Å². The first kappa shape index (κ1) is 23.0. The smallest absolute Gasteiger partial charge is 0.157 e. The number of hydrogen-bond acceptors (Lipinski definition) is 7. The topological polar surface area (TPSA) is 65.5 Å². The third-order valence-corrected chi connectivity index (χ3v) is 5.21. The molecule has 7 nitrogen and oxygen atoms in total. The first-order valence-corrected chi connectivity index (χ1v) is 10.4. The maximum Gasteiger partial charge on any atom is 0.157 e. The third-order valence-electron chi connectivity index (χ3n) is 5.21. The summed E-state index contributed by atoms with van der Waals surface area (Å²) in [5, 5.41) is 14.3. The molecule has 29 heavy (non-hydrogen) atoms. The molecule has 0 spiro atoms. The minimum absolute atomic E-state index is 0.00711. The molecule has 1 aromatic rings. The molecule has 1 fully saturated rings. The molecule has 0 aromatic heterocycles. The highest BCUT2D eigenvalue weighted by molar-refractivity contribution is 5.83. The lowest BCUT2D eigenvalue weighted by Gasteiger charge is -2.41. The molecule has 1 N–H and O–H groups in total. The Labute approximate surface area is 174 Å². The largest absolute Gasteiger partial charge is 0.507 e. The molecule has 0 amide bonds. The zero-order valence-corrected chi connectivity index (χ0v) is 18.5. The molecular weight excluding hydrogens is 370 g/mol. The maximum atomic E-state index is 11.3. The van der Waals surface area contributed by atoms with Crippen LogP contribution in [-0.4, -0.2) is 71.9 Å². The van der Waals surface area contributed by atoms with Gasteiger partial charge in [0.15, 0.2) is 6.29 Å². The number of hydrogen-bond donors (Lipinski definition) is 1. The lowest BCUT2D eigenvalue weighted by molar-refractivity contribution is -0.0591. The number of rotatable bonds is 7. The first-order valence-electron chi connectivity index (χ1n) is 10.4. The number of nitrogens with zero attached hydrogens (tertiary/aromatic N) is 3. The fourth-order valence-corrected chi connectivity index (χ4v) is 3.99. The van der Waals surface area contributed by atoms with Gasteiger partial charge in [-0.05, 0) is 44.9 Å². The van der Waals surface area contributed by atoms with Crippen molar-refractivity contribution in [1.82, 2.24) is 14.9 Å². The second-order valence-electron chi connectivity index (χ2n) is 7.29. The standard InChI is InChI=1S/C20H29N3O4.C2H6/c1-14(2)23-19(10-11-21(23)3)22-15(8-9-20(22)26-4)13-27-18-7-5-6-17(25)16(18)12-24;1-2/h5-7,10,12,14-15,20,25H,8-9,11,13H2,1-4H3;1-2H3. The Morgan fingerprint density at radius 2 is 2.00 bits per heavy atom. The zero-order valence-electron chi connectivity index (χ0n) is 18.5. The Hall–Kier alpha value is -2.25. The molecular formula is C22H35N3O4. The Balaban J connectivity index is 0.00000145. The quantitative estimate of drug-likeness (QED) is 0.697. The SMILES string of the molecule is CC.COC1CCC(COc2cccc(O)c2C=O)N1C1=CCN(C)N1C(C)C. The predicted molar refractivity (Wildman–Crippen MR) is 114 cm³/mol. The molecule has 0 saturated carbocycles. The summed E-state index contributed by atoms with van der Waals surface area (Å²) in [5.74, 6) is 1.48. The predicted octanol–water partition coefficient (Wildman–Crippen LogP) is 3.46. The lowest BCUT2D eigenvalue weighted by Crippen LogP contribution is -2.49. The van der Waals surface area contributed by atoms with Crippen LogP contribution in [0, 0.1) is 0 Å². The van der Waals surface area contributed by atoms with E-state index in [1.54, 1.807) is 19.2 Å². The van der Waals surface area contributed by atoms with Crippen LogP contribution < -0.4 is 4.74 Å². The van der Waals surface area contributed by atoms with E-state index in [0.717, 1.165) is 25.2 Å². The van der Waals surface area contributed by atoms with E-state index in [9.17, 15) is 9.90 Å². The van der Waals surface area contributed by atoms with Crippen molar-refractivity contribution < 1.29 is 19.4 Å². The van der Waals surface area contributed by atoms with E-state index in [1.165, 1.54) is 6.07 Å². The molecule has 1 saturated heterocycles. The minimum Gasteiger partial charge on any atom is -0.507 e. The number of aldehydes is 1. The fourth-order valence-electron chi connectivity index (χ4n) is 3.99. The highest BCUT2D eigenvalue weighted by atomic mass is 16.5. The molecule has 162 valence electrons. The fraction of sp³-hybridized carbons (Fsp3) is 0.591. The normalized spacial score (nSPS) is 21.8. The Kier molecular flexibility index (Phi) is 8.34. The molecule has 2 unspecified atom stereocenters. The summed E-state index contributed by atoms with van der Waals surface area (Å²) in [6.45, 7) is 9.61. The van der Waals surface area contributed by atoms with E-state index in [1.807, 2.05) is 13.8 Å². The van der Waals surface area contributed by atoms with E-state index in [0.29, 0.717) is 24.7 Å². The van der Waals surface area contributed by atoms with Crippen LogP contribution in [0.15, 0.2) is 30.1 Å². The van der Waals surface area contributed by atoms with E-state index in [2.05, 4.69) is 41.9 Å². The second kappa shape index (κ2) is 10.5. The molecule has 3 rings (SSSR count). The molecule has 2 atom stereocenters. The second-order valence-corrected chi connectivity index (χ2v) is 7.29. The van der Waals surface area contributed by atoms with Crippen LogP contribution in [0.1, 0.15) is 50.9 Å². The van der Waals surface area contributed by atoms with Crippen molar-refractivity contribution in [3.63, 3.8) is 0 Å². The van der Waals surface area contributed by atoms with Crippen LogP contribution in [-0.2, 0) is 4.74 Å². The van der Waals surface area contributed by atoms with Gasteiger partial charge in [0.2, 0.25) is 0 Å². The van der Waals surface area contributed by atoms with Gasteiger partial charge in [-0.1, -0.05) is 19.9 Å². The number of carbonyl (C=O) groups excluding carboxylic acids is 1. The summed E-state index contributed by atoms with van der Waals surface area (Å²) in [4.78, 5) is 13.6. The van der Waals surface area contributed by atoms with Gasteiger partial charge in [-0.3, -0.25) is 9.80 Å². The summed E-state index contributed by atoms with van der Waals surface area (Å²) in [6, 6.07) is 5.32. The molecule has 7 heteroatoms. The number of aromatic hydroxyl groups is 1. The number of methoxy groups -OCH3 is 1. The van der Waals surface area contributed by atoms with Gasteiger partial charge in [0.05, 0.1) is 11.6 Å². The number of benzene rings is 1. The zero-order chi connectivity index (χ0) is 21.6. The molecule has 2 aliphatic rings. The number of likely N-dealkylation sites (tertiary alicyclic amines) is 1. The number of phenols is 1. The van der Waals surface area contributed by atoms with Crippen molar-refractivity contribution in [3.05, 3.63) is 35.7 Å². The summed E-state index contributed by atoms with van der Waals surface area (Å²) in [5.41, 5.74) is 0.189. The van der Waals surface area contributed by atoms with Gasteiger partial charge in [-0.2, -0.15) is 0 Å². The van der Waals surface area contributed by atoms with Gasteiger partial charge in [0.1, 0.15) is 30.2 Å². The van der Waals surface area contributed by atoms with Crippen LogP contribution in [0.4, 0.5) is 0 Å². The summed E-state index contributed by atoms with van der Waals surface area (Å²) in [7, 11) is 3.82. The van der Waals surface area contributed by atoms with Crippen molar-refractivity contribution in [2.24, 2.45) is 0 Å². The van der Waals surface area contributed by atoms with Crippen molar-refractivity contribution in [3.8, 4) is 11.5 Å². The highest BCUT2D eigenvalue weighted by Crippen LogP contribution is 2.35. The van der Waals surface area contributed by atoms with Gasteiger partial charge in [-0.25, -0.2) is 5.01 Å². The third kappa shape index (κ3) is 4.85. The van der Waals surface area contributed by atoms with Crippen LogP contribution in [0.5, 0.6) is 11.5 Å². The average Bonchev–Trinajstić information content (AvgIpc) is 3.30. The van der Waals surface area contributed by atoms with E-state index in [-0.39, 0.29) is 23.6 Å². The number of likely N-dealkylation sites (N-methyl/N-ethyl adjacent to an activating group) is 1. The molecule has 0 radical (unpaired) electrons. The van der Waals surface area contributed by atoms with Gasteiger partial charge in [-0.15, -0.1) is 0 Å². The molecule has 2 heterocycles. The number of hydrazine groups is 1. The van der Waals surface area contributed by atoms with E-state index >= 15 is 0 Å². The van der Waals surface area contributed by atoms with Crippen LogP contribution in [0.25, 0.3) is 0 Å². The monoisotopic (exact) mass is 405 g/mol. The highest BCUT2D eigenvalue weighted by Gasteiger charge is 2.40. The van der Waals surface area contributed by atoms with Gasteiger partial charge in [0, 0.05) is 26.7 Å². The number of ether oxygens (including phenoxy) is 2. The average molecular weight is 406 g/mol. The molecule has 2 aliphatic heterocycles. The molecule has 0 bridgehead atoms. The van der Waals surface area contributed by atoms with E-state index in [4.69, 9.17) is 9.47 Å². The Morgan fingerprint density at radius 3 is 2.62 bits per heavy atom. The Morgan fingerprint density at radius 1 is 1.28 bits per heavy atom. The van der Waals surface area contributed by atoms with Gasteiger partial charge >= 0.3 is 0 Å². The summed E-state index contributed by atoms with van der Waals surface area (Å²) >= 11 is 0. The number of phenolic OH excluding ortho intramolecular Hbond substituents is 1.